The first-order valence-electron chi connectivity index (χ1n) is 27.1. The van der Waals surface area contributed by atoms with Gasteiger partial charge in [0.2, 0.25) is 0 Å². The first kappa shape index (κ1) is 61.6. The average molecular weight is 905 g/mol. The molecule has 0 aliphatic carbocycles. The highest BCUT2D eigenvalue weighted by molar-refractivity contribution is 5.71. The standard InChI is InChI=1S/C59H100O6/c1-4-7-10-13-16-19-22-23-24-25-26-27-28-29-30-31-32-33-34-35-38-40-43-46-49-52-58(61)64-55-56(65-59(62)53-50-47-44-41-37-21-18-15-12-9-6-3)54-63-57(60)51-48-45-42-39-36-20-17-14-11-8-5-2/h7,10,15-16,18-19,23-24,26-27,29-30,32-33,56H,4-6,8-9,11-14,17,20-22,25,28,31,34-55H2,1-3H3/b10-7-,18-15-,19-16-,24-23-,27-26-,30-29-,33-32-. The predicted molar refractivity (Wildman–Crippen MR) is 279 cm³/mol. The van der Waals surface area contributed by atoms with Crippen molar-refractivity contribution < 1.29 is 28.6 Å². The Hall–Kier alpha value is -3.41. The average Bonchev–Trinajstić information content (AvgIpc) is 3.30. The van der Waals surface area contributed by atoms with Crippen molar-refractivity contribution in [3.63, 3.8) is 0 Å². The lowest BCUT2D eigenvalue weighted by atomic mass is 10.1. The van der Waals surface area contributed by atoms with Gasteiger partial charge in [-0.05, 0) is 89.9 Å². The molecule has 0 spiro atoms. The summed E-state index contributed by atoms with van der Waals surface area (Å²) >= 11 is 0. The summed E-state index contributed by atoms with van der Waals surface area (Å²) in [6, 6.07) is 0. The zero-order chi connectivity index (χ0) is 47.2. The van der Waals surface area contributed by atoms with Gasteiger partial charge in [0.05, 0.1) is 0 Å². The predicted octanol–water partition coefficient (Wildman–Crippen LogP) is 18.0. The van der Waals surface area contributed by atoms with Crippen LogP contribution in [0.4, 0.5) is 0 Å². The highest BCUT2D eigenvalue weighted by atomic mass is 16.6. The van der Waals surface area contributed by atoms with Gasteiger partial charge in [0, 0.05) is 19.3 Å². The maximum Gasteiger partial charge on any atom is 0.306 e. The molecule has 0 aliphatic rings. The fourth-order valence-corrected chi connectivity index (χ4v) is 7.31. The fraction of sp³-hybridized carbons (Fsp3) is 0.712. The molecule has 0 heterocycles. The van der Waals surface area contributed by atoms with E-state index in [1.54, 1.807) is 0 Å². The zero-order valence-electron chi connectivity index (χ0n) is 42.5. The summed E-state index contributed by atoms with van der Waals surface area (Å²) in [5.74, 6) is -0.908. The van der Waals surface area contributed by atoms with Crippen LogP contribution >= 0.6 is 0 Å². The highest BCUT2D eigenvalue weighted by Crippen LogP contribution is 2.14. The third kappa shape index (κ3) is 51.4. The summed E-state index contributed by atoms with van der Waals surface area (Å²) in [4.78, 5) is 37.9. The van der Waals surface area contributed by atoms with Crippen LogP contribution < -0.4 is 0 Å². The van der Waals surface area contributed by atoms with Gasteiger partial charge in [-0.15, -0.1) is 0 Å². The molecule has 0 amide bonds. The van der Waals surface area contributed by atoms with E-state index >= 15 is 0 Å². The molecule has 1 unspecified atom stereocenters. The van der Waals surface area contributed by atoms with Crippen molar-refractivity contribution in [1.82, 2.24) is 0 Å². The minimum absolute atomic E-state index is 0.0831. The number of carbonyl (C=O) groups excluding carboxylic acids is 3. The fourth-order valence-electron chi connectivity index (χ4n) is 7.31. The van der Waals surface area contributed by atoms with E-state index in [9.17, 15) is 14.4 Å². The number of esters is 3. The van der Waals surface area contributed by atoms with Crippen LogP contribution in [0.2, 0.25) is 0 Å². The first-order chi connectivity index (χ1) is 32.0. The van der Waals surface area contributed by atoms with E-state index in [0.717, 1.165) is 122 Å². The van der Waals surface area contributed by atoms with Gasteiger partial charge in [-0.25, -0.2) is 0 Å². The van der Waals surface area contributed by atoms with Crippen LogP contribution in [0.3, 0.4) is 0 Å². The van der Waals surface area contributed by atoms with Gasteiger partial charge in [0.1, 0.15) is 13.2 Å². The van der Waals surface area contributed by atoms with Gasteiger partial charge in [0.25, 0.3) is 0 Å². The smallest absolute Gasteiger partial charge is 0.306 e. The minimum Gasteiger partial charge on any atom is -0.462 e. The molecule has 0 saturated heterocycles. The van der Waals surface area contributed by atoms with E-state index in [0.29, 0.717) is 19.3 Å². The van der Waals surface area contributed by atoms with Crippen molar-refractivity contribution in [3.8, 4) is 0 Å². The Morgan fingerprint density at radius 1 is 0.323 bits per heavy atom. The number of allylic oxidation sites excluding steroid dienone is 14. The van der Waals surface area contributed by atoms with Gasteiger partial charge in [-0.1, -0.05) is 228 Å². The number of carbonyl (C=O) groups is 3. The van der Waals surface area contributed by atoms with E-state index in [4.69, 9.17) is 14.2 Å². The van der Waals surface area contributed by atoms with Crippen LogP contribution in [0, 0.1) is 0 Å². The van der Waals surface area contributed by atoms with Crippen LogP contribution in [0.5, 0.6) is 0 Å². The summed E-state index contributed by atoms with van der Waals surface area (Å²) in [6.07, 6.45) is 68.6. The molecule has 0 aromatic rings. The number of hydrogen-bond acceptors (Lipinski definition) is 6. The number of ether oxygens (including phenoxy) is 3. The minimum atomic E-state index is -0.784. The maximum atomic E-state index is 12.8. The van der Waals surface area contributed by atoms with E-state index in [2.05, 4.69) is 106 Å². The van der Waals surface area contributed by atoms with Crippen LogP contribution in [-0.4, -0.2) is 37.2 Å². The lowest BCUT2D eigenvalue weighted by Gasteiger charge is -2.18. The molecule has 0 saturated carbocycles. The number of unbranched alkanes of at least 4 members (excludes halogenated alkanes) is 23. The normalized spacial score (nSPS) is 12.7. The quantitative estimate of drug-likeness (QED) is 0.0262. The molecule has 0 aliphatic heterocycles. The molecule has 0 rings (SSSR count). The van der Waals surface area contributed by atoms with Crippen LogP contribution in [0.15, 0.2) is 85.1 Å². The van der Waals surface area contributed by atoms with E-state index in [1.165, 1.54) is 89.9 Å². The molecule has 65 heavy (non-hydrogen) atoms. The highest BCUT2D eigenvalue weighted by Gasteiger charge is 2.19. The van der Waals surface area contributed by atoms with Crippen LogP contribution in [0.25, 0.3) is 0 Å². The number of rotatable bonds is 48. The molecule has 0 N–H and O–H groups in total. The van der Waals surface area contributed by atoms with Gasteiger partial charge in [0.15, 0.2) is 6.10 Å². The van der Waals surface area contributed by atoms with Crippen molar-refractivity contribution in [1.29, 1.82) is 0 Å². The number of hydrogen-bond donors (Lipinski definition) is 0. The van der Waals surface area contributed by atoms with Crippen molar-refractivity contribution in [3.05, 3.63) is 85.1 Å². The third-order valence-corrected chi connectivity index (χ3v) is 11.4. The molecule has 6 heteroatoms. The topological polar surface area (TPSA) is 78.9 Å². The second-order valence-electron chi connectivity index (χ2n) is 17.8. The SMILES string of the molecule is CC/C=C\C/C=C\C/C=C\C/C=C\C/C=C\C/C=C\CCCCCCCCC(=O)OCC(COC(=O)CCCCCCCCCCCCC)OC(=O)CCCCCCC/C=C\CCCC. The molecule has 0 radical (unpaired) electrons. The van der Waals surface area contributed by atoms with Crippen molar-refractivity contribution in [2.75, 3.05) is 13.2 Å². The Morgan fingerprint density at radius 3 is 1.00 bits per heavy atom. The van der Waals surface area contributed by atoms with E-state index < -0.39 is 6.10 Å². The summed E-state index contributed by atoms with van der Waals surface area (Å²) < 4.78 is 16.8. The molecule has 6 nitrogen and oxygen atoms in total. The molecule has 1 atom stereocenters. The summed E-state index contributed by atoms with van der Waals surface area (Å²) in [5.41, 5.74) is 0. The third-order valence-electron chi connectivity index (χ3n) is 11.4. The van der Waals surface area contributed by atoms with Crippen molar-refractivity contribution in [2.24, 2.45) is 0 Å². The zero-order valence-corrected chi connectivity index (χ0v) is 42.5. The van der Waals surface area contributed by atoms with E-state index in [-0.39, 0.29) is 31.1 Å². The van der Waals surface area contributed by atoms with Crippen molar-refractivity contribution >= 4 is 17.9 Å². The second kappa shape index (κ2) is 53.2. The molecular formula is C59H100O6. The summed E-state index contributed by atoms with van der Waals surface area (Å²) in [7, 11) is 0. The Morgan fingerprint density at radius 2 is 0.615 bits per heavy atom. The van der Waals surface area contributed by atoms with Gasteiger partial charge < -0.3 is 14.2 Å². The van der Waals surface area contributed by atoms with Crippen molar-refractivity contribution in [2.45, 2.75) is 258 Å². The first-order valence-corrected chi connectivity index (χ1v) is 27.1. The van der Waals surface area contributed by atoms with Gasteiger partial charge >= 0.3 is 17.9 Å². The lowest BCUT2D eigenvalue weighted by Crippen LogP contribution is -2.30. The molecule has 0 fully saturated rings. The summed E-state index contributed by atoms with van der Waals surface area (Å²) in [5, 5.41) is 0. The largest absolute Gasteiger partial charge is 0.462 e. The van der Waals surface area contributed by atoms with Crippen LogP contribution in [-0.2, 0) is 28.6 Å². The molecule has 0 bridgehead atoms. The second-order valence-corrected chi connectivity index (χ2v) is 17.8. The molecule has 0 aromatic carbocycles. The monoisotopic (exact) mass is 905 g/mol. The summed E-state index contributed by atoms with van der Waals surface area (Å²) in [6.45, 7) is 6.46. The Labute approximate surface area is 401 Å². The van der Waals surface area contributed by atoms with Crippen LogP contribution in [0.1, 0.15) is 252 Å². The molecule has 0 aromatic heterocycles. The lowest BCUT2D eigenvalue weighted by molar-refractivity contribution is -0.167. The van der Waals surface area contributed by atoms with Gasteiger partial charge in [-0.2, -0.15) is 0 Å². The van der Waals surface area contributed by atoms with E-state index in [1.807, 2.05) is 0 Å². The Balaban J connectivity index is 4.29. The molecule has 372 valence electrons. The molecular weight excluding hydrogens is 805 g/mol. The maximum absolute atomic E-state index is 12.8. The Kier molecular flexibility index (Phi) is 50.4. The van der Waals surface area contributed by atoms with Gasteiger partial charge in [-0.3, -0.25) is 14.4 Å². The Bertz CT molecular complexity index is 1270.